The number of rotatable bonds is 4. The molecule has 2 rings (SSSR count). The maximum absolute atomic E-state index is 12.1. The molecule has 0 saturated heterocycles. The van der Waals surface area contributed by atoms with Crippen molar-refractivity contribution in [3.05, 3.63) is 41.4 Å². The summed E-state index contributed by atoms with van der Waals surface area (Å²) in [6.07, 6.45) is 1.64. The third kappa shape index (κ3) is 4.20. The normalized spacial score (nSPS) is 15.0. The molecule has 0 aliphatic carbocycles. The smallest absolute Gasteiger partial charge is 0.172 e. The summed E-state index contributed by atoms with van der Waals surface area (Å²) in [5, 5.41) is 5.09. The van der Waals surface area contributed by atoms with Gasteiger partial charge in [0.1, 0.15) is 17.1 Å². The molecule has 2 aromatic rings. The third-order valence-corrected chi connectivity index (χ3v) is 4.76. The average molecular weight is 327 g/mol. The van der Waals surface area contributed by atoms with Crippen LogP contribution in [0.3, 0.4) is 0 Å². The van der Waals surface area contributed by atoms with Crippen molar-refractivity contribution >= 4 is 23.0 Å². The molecule has 7 heteroatoms. The zero-order valence-corrected chi connectivity index (χ0v) is 14.1. The van der Waals surface area contributed by atoms with E-state index in [2.05, 4.69) is 14.8 Å². The highest BCUT2D eigenvalue weighted by Gasteiger charge is 2.29. The number of nitrogens with one attached hydrogen (secondary N) is 1. The summed E-state index contributed by atoms with van der Waals surface area (Å²) in [6.45, 7) is 7.65. The van der Waals surface area contributed by atoms with E-state index in [1.54, 1.807) is 23.1 Å². The number of hydrogen-bond acceptors (Lipinski definition) is 4. The number of nitrogens with zero attached hydrogens (tertiary/aromatic N) is 3. The van der Waals surface area contributed by atoms with E-state index in [1.165, 1.54) is 0 Å². The minimum absolute atomic E-state index is 0.196. The van der Waals surface area contributed by atoms with Crippen molar-refractivity contribution in [2.45, 2.75) is 38.5 Å². The Labute approximate surface area is 133 Å². The van der Waals surface area contributed by atoms with Gasteiger partial charge in [-0.05, 0) is 52.0 Å². The minimum atomic E-state index is -1.16. The van der Waals surface area contributed by atoms with E-state index < -0.39 is 11.4 Å². The molecule has 0 bridgehead atoms. The largest absolute Gasteiger partial charge is 0.598 e. The summed E-state index contributed by atoms with van der Waals surface area (Å²) >= 11 is 4.70. The number of hydrogen-bond donors (Lipinski definition) is 1. The lowest BCUT2D eigenvalue weighted by Gasteiger charge is -2.25. The van der Waals surface area contributed by atoms with Gasteiger partial charge in [0.15, 0.2) is 5.82 Å². The highest BCUT2D eigenvalue weighted by atomic mass is 35.5. The molecular formula is C14H19ClN4OS. The Morgan fingerprint density at radius 3 is 2.48 bits per heavy atom. The minimum Gasteiger partial charge on any atom is -0.598 e. The molecule has 0 spiro atoms. The fourth-order valence-corrected chi connectivity index (χ4v) is 2.49. The highest BCUT2D eigenvalue weighted by Crippen LogP contribution is 2.18. The van der Waals surface area contributed by atoms with E-state index >= 15 is 0 Å². The Morgan fingerprint density at radius 1 is 1.29 bits per heavy atom. The molecule has 21 heavy (non-hydrogen) atoms. The van der Waals surface area contributed by atoms with Crippen LogP contribution in [0.25, 0.3) is 5.69 Å². The summed E-state index contributed by atoms with van der Waals surface area (Å²) in [5.41, 5.74) is 0.877. The summed E-state index contributed by atoms with van der Waals surface area (Å²) in [5.74, 6) is 0.600. The molecule has 1 heterocycles. The molecule has 0 aliphatic heterocycles. The number of benzene rings is 1. The van der Waals surface area contributed by atoms with Gasteiger partial charge in [-0.25, -0.2) is 9.67 Å². The lowest BCUT2D eigenvalue weighted by molar-refractivity contribution is 0.526. The monoisotopic (exact) mass is 326 g/mol. The Bertz CT molecular complexity index is 594. The topological polar surface area (TPSA) is 65.8 Å². The Hall–Kier alpha value is -1.08. The fraction of sp³-hybridized carbons (Fsp3) is 0.429. The summed E-state index contributed by atoms with van der Waals surface area (Å²) in [7, 11) is 0. The van der Waals surface area contributed by atoms with Crippen LogP contribution in [-0.2, 0) is 11.4 Å². The molecule has 0 fully saturated rings. The van der Waals surface area contributed by atoms with Crippen LogP contribution in [0.1, 0.15) is 39.6 Å². The maximum atomic E-state index is 12.1. The van der Waals surface area contributed by atoms with Crippen LogP contribution in [0.15, 0.2) is 30.6 Å². The van der Waals surface area contributed by atoms with Crippen molar-refractivity contribution in [3.63, 3.8) is 0 Å². The van der Waals surface area contributed by atoms with Crippen LogP contribution in [0.5, 0.6) is 0 Å². The van der Waals surface area contributed by atoms with Gasteiger partial charge in [-0.3, -0.25) is 0 Å². The highest BCUT2D eigenvalue weighted by molar-refractivity contribution is 7.90. The van der Waals surface area contributed by atoms with E-state index in [0.717, 1.165) is 5.69 Å². The molecule has 114 valence electrons. The second-order valence-corrected chi connectivity index (χ2v) is 8.18. The van der Waals surface area contributed by atoms with Gasteiger partial charge in [0.05, 0.1) is 5.69 Å². The standard InChI is InChI=1S/C14H19ClN4OS/c1-10(18-21(20)14(2,3)4)13-16-9-19(17-13)12-7-5-11(15)6-8-12/h5-10,18H,1-4H3/t10-,21?/m0/s1. The Kier molecular flexibility index (Phi) is 4.93. The SMILES string of the molecule is C[C@H](N[S+]([O-])C(C)(C)C)c1ncn(-c2ccc(Cl)cc2)n1. The van der Waals surface area contributed by atoms with Gasteiger partial charge >= 0.3 is 0 Å². The van der Waals surface area contributed by atoms with Crippen molar-refractivity contribution in [1.29, 1.82) is 0 Å². The van der Waals surface area contributed by atoms with Gasteiger partial charge in [-0.2, -0.15) is 0 Å². The summed E-state index contributed by atoms with van der Waals surface area (Å²) in [6, 6.07) is 7.14. The molecule has 0 amide bonds. The van der Waals surface area contributed by atoms with Crippen LogP contribution < -0.4 is 4.72 Å². The molecule has 1 aromatic heterocycles. The van der Waals surface area contributed by atoms with Gasteiger partial charge in [-0.15, -0.1) is 9.82 Å². The van der Waals surface area contributed by atoms with Gasteiger partial charge in [-0.1, -0.05) is 11.6 Å². The first-order valence-corrected chi connectivity index (χ1v) is 8.15. The van der Waals surface area contributed by atoms with Gasteiger partial charge in [0.2, 0.25) is 0 Å². The van der Waals surface area contributed by atoms with Crippen molar-refractivity contribution < 1.29 is 4.55 Å². The first-order chi connectivity index (χ1) is 9.77. The number of aromatic nitrogens is 3. The first kappa shape index (κ1) is 16.3. The number of halogens is 1. The lowest BCUT2D eigenvalue weighted by atomic mass is 10.3. The van der Waals surface area contributed by atoms with Gasteiger partial charge in [0.25, 0.3) is 0 Å². The zero-order valence-electron chi connectivity index (χ0n) is 12.5. The van der Waals surface area contributed by atoms with Crippen LogP contribution in [0.4, 0.5) is 0 Å². The van der Waals surface area contributed by atoms with Gasteiger partial charge < -0.3 is 4.55 Å². The van der Waals surface area contributed by atoms with E-state index in [-0.39, 0.29) is 10.8 Å². The van der Waals surface area contributed by atoms with Gasteiger partial charge in [0, 0.05) is 16.4 Å². The predicted octanol–water partition coefficient (Wildman–Crippen LogP) is 3.03. The zero-order chi connectivity index (χ0) is 15.6. The van der Waals surface area contributed by atoms with Crippen molar-refractivity contribution in [3.8, 4) is 5.69 Å². The summed E-state index contributed by atoms with van der Waals surface area (Å²) < 4.78 is 16.5. The molecule has 1 N–H and O–H groups in total. The van der Waals surface area contributed by atoms with E-state index in [1.807, 2.05) is 39.8 Å². The molecule has 1 aromatic carbocycles. The lowest BCUT2D eigenvalue weighted by Crippen LogP contribution is -2.40. The molecular weight excluding hydrogens is 308 g/mol. The van der Waals surface area contributed by atoms with E-state index in [0.29, 0.717) is 10.8 Å². The second kappa shape index (κ2) is 6.36. The fourth-order valence-electron chi connectivity index (χ4n) is 1.58. The molecule has 5 nitrogen and oxygen atoms in total. The van der Waals surface area contributed by atoms with Crippen molar-refractivity contribution in [1.82, 2.24) is 19.5 Å². The van der Waals surface area contributed by atoms with E-state index in [9.17, 15) is 4.55 Å². The van der Waals surface area contributed by atoms with Crippen molar-refractivity contribution in [2.24, 2.45) is 0 Å². The van der Waals surface area contributed by atoms with Crippen LogP contribution in [-0.4, -0.2) is 24.1 Å². The van der Waals surface area contributed by atoms with Crippen molar-refractivity contribution in [2.75, 3.05) is 0 Å². The van der Waals surface area contributed by atoms with Crippen LogP contribution >= 0.6 is 11.6 Å². The molecule has 0 saturated carbocycles. The van der Waals surface area contributed by atoms with Crippen LogP contribution in [0.2, 0.25) is 5.02 Å². The predicted molar refractivity (Wildman–Crippen MR) is 85.8 cm³/mol. The molecule has 1 unspecified atom stereocenters. The molecule has 2 atom stereocenters. The average Bonchev–Trinajstić information content (AvgIpc) is 2.88. The van der Waals surface area contributed by atoms with E-state index in [4.69, 9.17) is 11.6 Å². The maximum Gasteiger partial charge on any atom is 0.172 e. The molecule has 0 aliphatic rings. The van der Waals surface area contributed by atoms with Crippen LogP contribution in [0, 0.1) is 0 Å². The molecule has 0 radical (unpaired) electrons. The summed E-state index contributed by atoms with van der Waals surface area (Å²) in [4.78, 5) is 4.27. The first-order valence-electron chi connectivity index (χ1n) is 6.63. The Balaban J connectivity index is 2.10. The third-order valence-electron chi connectivity index (χ3n) is 2.83. The second-order valence-electron chi connectivity index (χ2n) is 5.74. The Morgan fingerprint density at radius 2 is 1.90 bits per heavy atom. The quantitative estimate of drug-likeness (QED) is 0.877.